The summed E-state index contributed by atoms with van der Waals surface area (Å²) in [4.78, 5) is 15.2. The van der Waals surface area contributed by atoms with Crippen molar-refractivity contribution in [1.82, 2.24) is 9.38 Å². The molecule has 0 aliphatic carbocycles. The van der Waals surface area contributed by atoms with Gasteiger partial charge in [-0.1, -0.05) is 11.6 Å². The van der Waals surface area contributed by atoms with Crippen LogP contribution < -0.4 is 0 Å². The molecule has 2 aromatic rings. The van der Waals surface area contributed by atoms with Crippen LogP contribution in [0.5, 0.6) is 0 Å². The Labute approximate surface area is 91.1 Å². The summed E-state index contributed by atoms with van der Waals surface area (Å²) >= 11 is 5.87. The summed E-state index contributed by atoms with van der Waals surface area (Å²) in [6, 6.07) is 1.76. The molecule has 0 amide bonds. The average molecular weight is 225 g/mol. The molecule has 15 heavy (non-hydrogen) atoms. The van der Waals surface area contributed by atoms with Crippen molar-refractivity contribution in [1.29, 1.82) is 0 Å². The van der Waals surface area contributed by atoms with Crippen LogP contribution in [0.15, 0.2) is 12.3 Å². The predicted octanol–water partition coefficient (Wildman–Crippen LogP) is 2.30. The third-order valence-electron chi connectivity index (χ3n) is 2.25. The Kier molecular flexibility index (Phi) is 2.16. The van der Waals surface area contributed by atoms with Crippen LogP contribution in [-0.4, -0.2) is 20.5 Å². The highest BCUT2D eigenvalue weighted by Gasteiger charge is 2.16. The smallest absolute Gasteiger partial charge is 0.354 e. The fourth-order valence-electron chi connectivity index (χ4n) is 1.64. The summed E-state index contributed by atoms with van der Waals surface area (Å²) in [6.07, 6.45) is 1.56. The molecule has 0 aliphatic heterocycles. The van der Waals surface area contributed by atoms with Gasteiger partial charge < -0.3 is 5.11 Å². The van der Waals surface area contributed by atoms with Crippen LogP contribution in [0, 0.1) is 13.8 Å². The van der Waals surface area contributed by atoms with E-state index in [1.54, 1.807) is 19.2 Å². The molecule has 0 aliphatic rings. The van der Waals surface area contributed by atoms with Gasteiger partial charge in [0, 0.05) is 6.20 Å². The maximum atomic E-state index is 11.0. The van der Waals surface area contributed by atoms with Crippen molar-refractivity contribution in [2.24, 2.45) is 0 Å². The lowest BCUT2D eigenvalue weighted by Crippen LogP contribution is -2.03. The number of pyridine rings is 1. The molecule has 78 valence electrons. The van der Waals surface area contributed by atoms with Crippen molar-refractivity contribution in [3.05, 3.63) is 34.2 Å². The Morgan fingerprint density at radius 2 is 2.20 bits per heavy atom. The minimum Gasteiger partial charge on any atom is -0.477 e. The van der Waals surface area contributed by atoms with Crippen molar-refractivity contribution in [3.8, 4) is 0 Å². The maximum Gasteiger partial charge on any atom is 0.354 e. The molecule has 2 rings (SSSR count). The van der Waals surface area contributed by atoms with Crippen LogP contribution in [0.25, 0.3) is 5.65 Å². The molecule has 0 atom stereocenters. The van der Waals surface area contributed by atoms with Crippen molar-refractivity contribution in [2.45, 2.75) is 13.8 Å². The zero-order chi connectivity index (χ0) is 11.2. The second-order valence-electron chi connectivity index (χ2n) is 3.39. The van der Waals surface area contributed by atoms with Crippen LogP contribution >= 0.6 is 11.6 Å². The lowest BCUT2D eigenvalue weighted by atomic mass is 10.3. The molecule has 0 fully saturated rings. The van der Waals surface area contributed by atoms with E-state index in [1.165, 1.54) is 4.40 Å². The first-order chi connectivity index (χ1) is 7.00. The zero-order valence-corrected chi connectivity index (χ0v) is 9.04. The number of carboxylic acids is 1. The fourth-order valence-corrected chi connectivity index (χ4v) is 1.90. The first-order valence-corrected chi connectivity index (χ1v) is 4.76. The summed E-state index contributed by atoms with van der Waals surface area (Å²) in [5.74, 6) is -0.998. The standard InChI is InChI=1S/C10H9ClN2O2/c1-5-3-7(11)4-13-8(10(14)15)6(2)12-9(5)13/h3-4H,1-2H3,(H,14,15). The first kappa shape index (κ1) is 9.98. The van der Waals surface area contributed by atoms with Crippen molar-refractivity contribution in [2.75, 3.05) is 0 Å². The van der Waals surface area contributed by atoms with Gasteiger partial charge in [-0.15, -0.1) is 0 Å². The van der Waals surface area contributed by atoms with Crippen LogP contribution in [-0.2, 0) is 0 Å². The number of halogens is 1. The van der Waals surface area contributed by atoms with Gasteiger partial charge in [0.05, 0.1) is 10.7 Å². The molecule has 2 heterocycles. The highest BCUT2D eigenvalue weighted by molar-refractivity contribution is 6.30. The number of carboxylic acid groups (broad SMARTS) is 1. The monoisotopic (exact) mass is 224 g/mol. The van der Waals surface area contributed by atoms with Gasteiger partial charge in [-0.3, -0.25) is 4.40 Å². The molecular formula is C10H9ClN2O2. The second kappa shape index (κ2) is 3.24. The van der Waals surface area contributed by atoms with Gasteiger partial charge >= 0.3 is 5.97 Å². The molecule has 0 aromatic carbocycles. The van der Waals surface area contributed by atoms with E-state index < -0.39 is 5.97 Å². The van der Waals surface area contributed by atoms with E-state index >= 15 is 0 Å². The number of hydrogen-bond acceptors (Lipinski definition) is 2. The van der Waals surface area contributed by atoms with Crippen LogP contribution in [0.4, 0.5) is 0 Å². The highest BCUT2D eigenvalue weighted by atomic mass is 35.5. The average Bonchev–Trinajstić information content (AvgIpc) is 2.41. The van der Waals surface area contributed by atoms with Crippen LogP contribution in [0.1, 0.15) is 21.7 Å². The van der Waals surface area contributed by atoms with E-state index in [0.717, 1.165) is 5.56 Å². The largest absolute Gasteiger partial charge is 0.477 e. The van der Waals surface area contributed by atoms with E-state index in [4.69, 9.17) is 16.7 Å². The number of nitrogens with zero attached hydrogens (tertiary/aromatic N) is 2. The van der Waals surface area contributed by atoms with Gasteiger partial charge in [0.25, 0.3) is 0 Å². The second-order valence-corrected chi connectivity index (χ2v) is 3.82. The number of hydrogen-bond donors (Lipinski definition) is 1. The van der Waals surface area contributed by atoms with Crippen LogP contribution in [0.2, 0.25) is 5.02 Å². The van der Waals surface area contributed by atoms with Gasteiger partial charge in [-0.25, -0.2) is 9.78 Å². The number of aromatic carboxylic acids is 1. The molecule has 1 N–H and O–H groups in total. The normalized spacial score (nSPS) is 10.9. The SMILES string of the molecule is Cc1nc2c(C)cc(Cl)cn2c1C(=O)O. The van der Waals surface area contributed by atoms with E-state index in [9.17, 15) is 4.79 Å². The topological polar surface area (TPSA) is 54.6 Å². The summed E-state index contributed by atoms with van der Waals surface area (Å²) in [5, 5.41) is 9.53. The third-order valence-corrected chi connectivity index (χ3v) is 2.45. The Morgan fingerprint density at radius 1 is 1.53 bits per heavy atom. The molecule has 5 heteroatoms. The lowest BCUT2D eigenvalue weighted by molar-refractivity contribution is 0.0688. The van der Waals surface area contributed by atoms with Gasteiger partial charge in [-0.05, 0) is 25.5 Å². The third kappa shape index (κ3) is 1.47. The summed E-state index contributed by atoms with van der Waals surface area (Å²) in [6.45, 7) is 3.52. The number of fused-ring (bicyclic) bond motifs is 1. The van der Waals surface area contributed by atoms with E-state index in [1.807, 2.05) is 6.92 Å². The number of aromatic nitrogens is 2. The Hall–Kier alpha value is -1.55. The van der Waals surface area contributed by atoms with E-state index in [-0.39, 0.29) is 5.69 Å². The van der Waals surface area contributed by atoms with Gasteiger partial charge in [0.2, 0.25) is 0 Å². The van der Waals surface area contributed by atoms with Crippen molar-refractivity contribution in [3.63, 3.8) is 0 Å². The van der Waals surface area contributed by atoms with Gasteiger partial charge in [-0.2, -0.15) is 0 Å². The van der Waals surface area contributed by atoms with Crippen molar-refractivity contribution < 1.29 is 9.90 Å². The van der Waals surface area contributed by atoms with E-state index in [0.29, 0.717) is 16.4 Å². The molecular weight excluding hydrogens is 216 g/mol. The molecule has 0 radical (unpaired) electrons. The molecule has 2 aromatic heterocycles. The van der Waals surface area contributed by atoms with Gasteiger partial charge in [0.15, 0.2) is 5.69 Å². The first-order valence-electron chi connectivity index (χ1n) is 4.39. The number of carbonyl (C=O) groups is 1. The van der Waals surface area contributed by atoms with Gasteiger partial charge in [0.1, 0.15) is 5.65 Å². The summed E-state index contributed by atoms with van der Waals surface area (Å²) in [7, 11) is 0. The zero-order valence-electron chi connectivity index (χ0n) is 8.28. The fraction of sp³-hybridized carbons (Fsp3) is 0.200. The minimum absolute atomic E-state index is 0.163. The predicted molar refractivity (Wildman–Crippen MR) is 56.6 cm³/mol. The maximum absolute atomic E-state index is 11.0. The summed E-state index contributed by atoms with van der Waals surface area (Å²) < 4.78 is 1.51. The minimum atomic E-state index is -0.998. The molecule has 0 spiro atoms. The Bertz CT molecular complexity index is 560. The number of rotatable bonds is 1. The number of imidazole rings is 1. The Morgan fingerprint density at radius 3 is 2.80 bits per heavy atom. The lowest BCUT2D eigenvalue weighted by Gasteiger charge is -2.00. The molecule has 0 saturated heterocycles. The quantitative estimate of drug-likeness (QED) is 0.809. The highest BCUT2D eigenvalue weighted by Crippen LogP contribution is 2.19. The molecule has 0 saturated carbocycles. The molecule has 0 unspecified atom stereocenters. The summed E-state index contributed by atoms with van der Waals surface area (Å²) in [5.41, 5.74) is 2.15. The Balaban J connectivity index is 2.93. The molecule has 0 bridgehead atoms. The van der Waals surface area contributed by atoms with Crippen molar-refractivity contribution >= 4 is 23.2 Å². The molecule has 4 nitrogen and oxygen atoms in total. The van der Waals surface area contributed by atoms with Crippen LogP contribution in [0.3, 0.4) is 0 Å². The number of aryl methyl sites for hydroxylation is 2. The van der Waals surface area contributed by atoms with E-state index in [2.05, 4.69) is 4.98 Å².